The average molecular weight is 486 g/mol. The molecule has 0 saturated carbocycles. The number of ether oxygens (including phenoxy) is 1. The highest BCUT2D eigenvalue weighted by atomic mass is 16.5. The number of fused-ring (bicyclic) bond motifs is 1. The Morgan fingerprint density at radius 3 is 2.46 bits per heavy atom. The standard InChI is InChI=1S/C27H39N3O5/c1-4-6-10-16-29-24(33)22-27-14-13-26(3,35-27)20(23(32)28-15-5-2)21(27)25(34)30(22)19(17-31)18-11-8-7-9-12-18/h7-9,11-12,19-22,31H,4-6,10,13-17H2,1-3H3,(H,28,32)(H,29,33)/t19-,20-,21+,22?,26+,27?/m1/s1. The molecule has 1 aromatic carbocycles. The summed E-state index contributed by atoms with van der Waals surface area (Å²) in [5, 5.41) is 16.4. The molecular formula is C27H39N3O5. The monoisotopic (exact) mass is 485 g/mol. The second-order valence-electron chi connectivity index (χ2n) is 10.4. The predicted molar refractivity (Wildman–Crippen MR) is 131 cm³/mol. The summed E-state index contributed by atoms with van der Waals surface area (Å²) in [7, 11) is 0. The SMILES string of the molecule is CCCCCNC(=O)C1N([C@H](CO)c2ccccc2)C(=O)[C@@H]2[C@H](C(=O)NCCC)[C@]3(C)CCC12O3. The largest absolute Gasteiger partial charge is 0.394 e. The van der Waals surface area contributed by atoms with Crippen LogP contribution in [0.25, 0.3) is 0 Å². The molecule has 3 N–H and O–H groups in total. The van der Waals surface area contributed by atoms with Gasteiger partial charge in [-0.3, -0.25) is 14.4 Å². The van der Waals surface area contributed by atoms with Gasteiger partial charge in [0, 0.05) is 13.1 Å². The molecule has 192 valence electrons. The fourth-order valence-corrected chi connectivity index (χ4v) is 6.47. The number of rotatable bonds is 11. The van der Waals surface area contributed by atoms with Crippen LogP contribution in [0.3, 0.4) is 0 Å². The summed E-state index contributed by atoms with van der Waals surface area (Å²) in [5.74, 6) is -2.20. The molecule has 0 aromatic heterocycles. The third-order valence-corrected chi connectivity index (χ3v) is 8.07. The first kappa shape index (κ1) is 25.6. The zero-order valence-electron chi connectivity index (χ0n) is 21.1. The number of amides is 3. The van der Waals surface area contributed by atoms with Crippen LogP contribution in [0.5, 0.6) is 0 Å². The number of hydrogen-bond acceptors (Lipinski definition) is 5. The Kier molecular flexibility index (Phi) is 7.52. The lowest BCUT2D eigenvalue weighted by Gasteiger charge is -2.37. The highest BCUT2D eigenvalue weighted by Gasteiger charge is 2.78. The number of nitrogens with one attached hydrogen (secondary N) is 2. The summed E-state index contributed by atoms with van der Waals surface area (Å²) in [4.78, 5) is 42.7. The molecule has 3 fully saturated rings. The first-order valence-corrected chi connectivity index (χ1v) is 13.1. The molecule has 1 spiro atoms. The lowest BCUT2D eigenvalue weighted by Crippen LogP contribution is -2.56. The van der Waals surface area contributed by atoms with Gasteiger partial charge in [-0.25, -0.2) is 0 Å². The number of likely N-dealkylation sites (tertiary alicyclic amines) is 1. The van der Waals surface area contributed by atoms with Crippen molar-refractivity contribution in [3.05, 3.63) is 35.9 Å². The quantitative estimate of drug-likeness (QED) is 0.417. The van der Waals surface area contributed by atoms with Crippen molar-refractivity contribution in [3.63, 3.8) is 0 Å². The molecule has 8 nitrogen and oxygen atoms in total. The zero-order chi connectivity index (χ0) is 25.2. The number of carbonyl (C=O) groups excluding carboxylic acids is 3. The third kappa shape index (κ3) is 4.25. The summed E-state index contributed by atoms with van der Waals surface area (Å²) in [5.41, 5.74) is -1.14. The van der Waals surface area contributed by atoms with Crippen LogP contribution in [0.1, 0.15) is 70.9 Å². The lowest BCUT2D eigenvalue weighted by atomic mass is 9.66. The summed E-state index contributed by atoms with van der Waals surface area (Å²) >= 11 is 0. The van der Waals surface area contributed by atoms with E-state index in [-0.39, 0.29) is 24.3 Å². The minimum Gasteiger partial charge on any atom is -0.394 e. The van der Waals surface area contributed by atoms with Crippen molar-refractivity contribution in [1.29, 1.82) is 0 Å². The number of aliphatic hydroxyl groups excluding tert-OH is 1. The van der Waals surface area contributed by atoms with E-state index >= 15 is 0 Å². The number of carbonyl (C=O) groups is 3. The van der Waals surface area contributed by atoms with Crippen molar-refractivity contribution in [2.45, 2.75) is 82.6 Å². The Morgan fingerprint density at radius 2 is 1.80 bits per heavy atom. The smallest absolute Gasteiger partial charge is 0.245 e. The van der Waals surface area contributed by atoms with E-state index in [0.717, 1.165) is 31.2 Å². The molecule has 1 aromatic rings. The van der Waals surface area contributed by atoms with Crippen LogP contribution in [0.2, 0.25) is 0 Å². The van der Waals surface area contributed by atoms with Crippen LogP contribution >= 0.6 is 0 Å². The third-order valence-electron chi connectivity index (χ3n) is 8.07. The van der Waals surface area contributed by atoms with Gasteiger partial charge in [0.2, 0.25) is 17.7 Å². The maximum Gasteiger partial charge on any atom is 0.245 e. The van der Waals surface area contributed by atoms with Gasteiger partial charge < -0.3 is 25.4 Å². The van der Waals surface area contributed by atoms with E-state index in [1.54, 1.807) is 0 Å². The molecule has 3 saturated heterocycles. The van der Waals surface area contributed by atoms with Crippen LogP contribution in [0, 0.1) is 11.8 Å². The van der Waals surface area contributed by atoms with Gasteiger partial charge in [-0.15, -0.1) is 0 Å². The number of hydrogen-bond donors (Lipinski definition) is 3. The van der Waals surface area contributed by atoms with E-state index in [1.165, 1.54) is 4.90 Å². The molecule has 3 amide bonds. The van der Waals surface area contributed by atoms with Crippen LogP contribution in [-0.2, 0) is 19.1 Å². The van der Waals surface area contributed by atoms with Crippen molar-refractivity contribution >= 4 is 17.7 Å². The van der Waals surface area contributed by atoms with E-state index in [4.69, 9.17) is 4.74 Å². The maximum atomic E-state index is 14.1. The minimum absolute atomic E-state index is 0.196. The van der Waals surface area contributed by atoms with Gasteiger partial charge in [0.05, 0.1) is 30.1 Å². The zero-order valence-corrected chi connectivity index (χ0v) is 21.1. The van der Waals surface area contributed by atoms with Crippen molar-refractivity contribution in [3.8, 4) is 0 Å². The fraction of sp³-hybridized carbons (Fsp3) is 0.667. The molecule has 3 heterocycles. The molecule has 0 radical (unpaired) electrons. The number of nitrogens with zero attached hydrogens (tertiary/aromatic N) is 1. The van der Waals surface area contributed by atoms with E-state index in [9.17, 15) is 19.5 Å². The Labute approximate surface area is 207 Å². The Balaban J connectivity index is 1.74. The summed E-state index contributed by atoms with van der Waals surface area (Å²) in [6, 6.07) is 7.65. The normalized spacial score (nSPS) is 31.9. The van der Waals surface area contributed by atoms with Gasteiger partial charge in [-0.05, 0) is 38.2 Å². The van der Waals surface area contributed by atoms with Crippen molar-refractivity contribution in [2.75, 3.05) is 19.7 Å². The average Bonchev–Trinajstić information content (AvgIpc) is 3.42. The van der Waals surface area contributed by atoms with Gasteiger partial charge in [0.1, 0.15) is 11.6 Å². The predicted octanol–water partition coefficient (Wildman–Crippen LogP) is 2.32. The lowest BCUT2D eigenvalue weighted by molar-refractivity contribution is -0.149. The summed E-state index contributed by atoms with van der Waals surface area (Å²) in [6.45, 7) is 6.68. The van der Waals surface area contributed by atoms with Gasteiger partial charge in [-0.1, -0.05) is 57.0 Å². The van der Waals surface area contributed by atoms with Gasteiger partial charge in [0.25, 0.3) is 0 Å². The van der Waals surface area contributed by atoms with Crippen LogP contribution < -0.4 is 10.6 Å². The molecule has 6 atom stereocenters. The number of aliphatic hydroxyl groups is 1. The topological polar surface area (TPSA) is 108 Å². The molecular weight excluding hydrogens is 446 g/mol. The van der Waals surface area contributed by atoms with Crippen LogP contribution in [0.15, 0.2) is 30.3 Å². The van der Waals surface area contributed by atoms with E-state index < -0.39 is 35.1 Å². The Hall–Kier alpha value is -2.45. The second-order valence-corrected chi connectivity index (χ2v) is 10.4. The maximum absolute atomic E-state index is 14.1. The summed E-state index contributed by atoms with van der Waals surface area (Å²) < 4.78 is 6.61. The number of unbranched alkanes of at least 4 members (excludes halogenated alkanes) is 2. The minimum atomic E-state index is -1.09. The molecule has 0 aliphatic carbocycles. The van der Waals surface area contributed by atoms with Gasteiger partial charge in [0.15, 0.2) is 0 Å². The summed E-state index contributed by atoms with van der Waals surface area (Å²) in [6.07, 6.45) is 4.79. The van der Waals surface area contributed by atoms with Gasteiger partial charge in [-0.2, -0.15) is 0 Å². The first-order chi connectivity index (χ1) is 16.8. The molecule has 35 heavy (non-hydrogen) atoms. The van der Waals surface area contributed by atoms with Crippen molar-refractivity contribution < 1.29 is 24.2 Å². The van der Waals surface area contributed by atoms with Crippen LogP contribution in [0.4, 0.5) is 0 Å². The van der Waals surface area contributed by atoms with E-state index in [1.807, 2.05) is 44.2 Å². The molecule has 3 aliphatic heterocycles. The molecule has 8 heteroatoms. The van der Waals surface area contributed by atoms with Crippen molar-refractivity contribution in [1.82, 2.24) is 15.5 Å². The fourth-order valence-electron chi connectivity index (χ4n) is 6.47. The Bertz CT molecular complexity index is 940. The molecule has 3 aliphatic rings. The van der Waals surface area contributed by atoms with Gasteiger partial charge >= 0.3 is 0 Å². The Morgan fingerprint density at radius 1 is 1.09 bits per heavy atom. The van der Waals surface area contributed by atoms with Crippen LogP contribution in [-0.4, -0.2) is 64.7 Å². The first-order valence-electron chi connectivity index (χ1n) is 13.1. The second kappa shape index (κ2) is 10.3. The molecule has 4 rings (SSSR count). The van der Waals surface area contributed by atoms with E-state index in [0.29, 0.717) is 25.9 Å². The highest BCUT2D eigenvalue weighted by molar-refractivity contribution is 5.99. The molecule has 2 unspecified atom stereocenters. The highest BCUT2D eigenvalue weighted by Crippen LogP contribution is 2.64. The number of benzene rings is 1. The molecule has 2 bridgehead atoms. The van der Waals surface area contributed by atoms with E-state index in [2.05, 4.69) is 17.6 Å². The van der Waals surface area contributed by atoms with Crippen molar-refractivity contribution in [2.24, 2.45) is 11.8 Å².